The van der Waals surface area contributed by atoms with Gasteiger partial charge in [-0.2, -0.15) is 4.68 Å². The Morgan fingerprint density at radius 3 is 2.09 bits per heavy atom. The van der Waals surface area contributed by atoms with Gasteiger partial charge in [0.15, 0.2) is 4.84 Å². The third-order valence-electron chi connectivity index (χ3n) is 8.75. The molecule has 0 fully saturated rings. The molecule has 0 aliphatic carbocycles. The Morgan fingerprint density at radius 2 is 1.61 bits per heavy atom. The highest BCUT2D eigenvalue weighted by Gasteiger charge is 2.32. The van der Waals surface area contributed by atoms with Crippen molar-refractivity contribution in [3.63, 3.8) is 0 Å². The van der Waals surface area contributed by atoms with Gasteiger partial charge in [0, 0.05) is 18.6 Å². The van der Waals surface area contributed by atoms with Gasteiger partial charge in [0.1, 0.15) is 30.7 Å². The van der Waals surface area contributed by atoms with Crippen LogP contribution in [0.1, 0.15) is 72.4 Å². The van der Waals surface area contributed by atoms with Crippen molar-refractivity contribution in [1.29, 1.82) is 0 Å². The number of carbonyl (C=O) groups is 3. The fraction of sp³-hybridized carbons (Fsp3) is 0.465. The molecule has 1 aliphatic heterocycles. The molecule has 4 N–H and O–H groups in total. The maximum atomic E-state index is 12.1. The molecule has 1 atom stereocenters. The Morgan fingerprint density at radius 1 is 1.00 bits per heavy atom. The molecule has 2 heterocycles. The number of carboxylic acid groups (broad SMARTS) is 1. The van der Waals surface area contributed by atoms with E-state index in [1.54, 1.807) is 23.0 Å². The molecule has 17 nitrogen and oxygen atoms in total. The standard InChI is InChI=1S/C15H18Cl2N2O3.C14H20ClNO2.C11H11Cl2NO2.C3H8NO5P/c1-8(2)21-12-7-11(9(16)6-10(12)17)19-14(20)22-13(18-19)15(3,4)5;1-4-11-7-6-8-12(5-2)14(11)16(10-18-3)13(17)9-15;1-7-6-16-9-5-3-2-4-8(9)14(7)11(15)10(12)13;5-3(6)1-4-2-10(7,8)9/h6-8H,1-5H3;6-8H,4-5,9-10H2,1-3H3;2-5,7,10H,6H2,1H3;4H,1-2H2,(H,5,6)(H2,7,8,9). The number of nitrogens with zero attached hydrogens (tertiary/aromatic N) is 4. The molecule has 1 unspecified atom stereocenters. The number of ether oxygens (including phenoxy) is 3. The number of anilines is 2. The van der Waals surface area contributed by atoms with Crippen LogP contribution in [0.5, 0.6) is 11.5 Å². The second-order valence-corrected chi connectivity index (χ2v) is 19.3. The van der Waals surface area contributed by atoms with Crippen molar-refractivity contribution in [1.82, 2.24) is 15.1 Å². The van der Waals surface area contributed by atoms with Crippen LogP contribution in [0.15, 0.2) is 63.8 Å². The first-order valence-corrected chi connectivity index (χ1v) is 24.3. The summed E-state index contributed by atoms with van der Waals surface area (Å²) in [5, 5.41) is 14.9. The summed E-state index contributed by atoms with van der Waals surface area (Å²) in [5.74, 6) is -0.787. The van der Waals surface area contributed by atoms with Gasteiger partial charge in [0.2, 0.25) is 11.8 Å². The number of benzene rings is 3. The van der Waals surface area contributed by atoms with Crippen LogP contribution in [-0.2, 0) is 41.9 Å². The van der Waals surface area contributed by atoms with Crippen molar-refractivity contribution < 1.29 is 52.5 Å². The number of halogens is 5. The minimum atomic E-state index is -4.10. The number of aliphatic carboxylic acids is 1. The molecule has 23 heteroatoms. The van der Waals surface area contributed by atoms with Crippen LogP contribution in [0.2, 0.25) is 10.0 Å². The molecule has 0 saturated carbocycles. The molecule has 4 aromatic rings. The Labute approximate surface area is 409 Å². The van der Waals surface area contributed by atoms with Gasteiger partial charge in [-0.15, -0.1) is 16.7 Å². The smallest absolute Gasteiger partial charge is 0.442 e. The van der Waals surface area contributed by atoms with Gasteiger partial charge >= 0.3 is 19.3 Å². The Kier molecular flexibility index (Phi) is 24.0. The summed E-state index contributed by atoms with van der Waals surface area (Å²) < 4.78 is 32.6. The molecule has 1 aromatic heterocycles. The SMILES string of the molecule is CC(C)Oc1cc(-n2nc(C(C)(C)C)oc2=O)c(Cl)cc1Cl.CC1COc2ccccc2N1C(=O)C(Cl)Cl.CCc1cccc(CC)c1N(COC)C(=O)CCl.O=C(O)CNCP(=O)(O)O. The minimum Gasteiger partial charge on any atom is -0.489 e. The zero-order valence-corrected chi connectivity index (χ0v) is 42.7. The quantitative estimate of drug-likeness (QED) is 0.0528. The Bertz CT molecular complexity index is 2310. The Balaban J connectivity index is 0.000000312. The fourth-order valence-corrected chi connectivity index (χ4v) is 7.10. The summed E-state index contributed by atoms with van der Waals surface area (Å²) in [6.07, 6.45) is 1.09. The monoisotopic (exact) mass is 1040 g/mol. The lowest BCUT2D eigenvalue weighted by Crippen LogP contribution is -2.47. The molecule has 2 amide bonds. The third-order valence-corrected chi connectivity index (χ3v) is 10.6. The zero-order valence-electron chi connectivity index (χ0n) is 38.0. The van der Waals surface area contributed by atoms with Gasteiger partial charge < -0.3 is 38.4 Å². The lowest BCUT2D eigenvalue weighted by atomic mass is 9.97. The average molecular weight is 1040 g/mol. The van der Waals surface area contributed by atoms with Crippen molar-refractivity contribution in [3.8, 4) is 17.2 Å². The van der Waals surface area contributed by atoms with E-state index in [2.05, 4.69) is 24.3 Å². The normalized spacial score (nSPS) is 13.2. The topological polar surface area (TPSA) is 223 Å². The number of carboxylic acids is 1. The van der Waals surface area contributed by atoms with Crippen LogP contribution >= 0.6 is 65.6 Å². The van der Waals surface area contributed by atoms with E-state index in [1.165, 1.54) is 6.07 Å². The highest BCUT2D eigenvalue weighted by atomic mass is 35.5. The van der Waals surface area contributed by atoms with Gasteiger partial charge in [-0.3, -0.25) is 29.2 Å². The molecule has 3 aromatic carbocycles. The number of aromatic nitrogens is 2. The van der Waals surface area contributed by atoms with E-state index in [9.17, 15) is 23.7 Å². The molecular formula is C43H57Cl5N5O12P. The van der Waals surface area contributed by atoms with Gasteiger partial charge in [0.25, 0.3) is 5.91 Å². The largest absolute Gasteiger partial charge is 0.489 e. The molecule has 366 valence electrons. The number of alkyl halides is 3. The lowest BCUT2D eigenvalue weighted by molar-refractivity contribution is -0.135. The summed E-state index contributed by atoms with van der Waals surface area (Å²) in [4.78, 5) is 64.2. The number of rotatable bonds is 14. The Hall–Kier alpha value is -3.87. The number of amides is 2. The molecular weight excluding hydrogens is 987 g/mol. The van der Waals surface area contributed by atoms with Crippen molar-refractivity contribution in [2.75, 3.05) is 49.0 Å². The summed E-state index contributed by atoms with van der Waals surface area (Å²) in [7, 11) is -2.52. The molecule has 5 rings (SSSR count). The first kappa shape index (κ1) is 58.3. The van der Waals surface area contributed by atoms with Crippen molar-refractivity contribution >= 4 is 94.8 Å². The molecule has 66 heavy (non-hydrogen) atoms. The van der Waals surface area contributed by atoms with Crippen LogP contribution in [-0.4, -0.2) is 98.6 Å². The first-order chi connectivity index (χ1) is 30.8. The predicted octanol–water partition coefficient (Wildman–Crippen LogP) is 8.60. The number of methoxy groups -OCH3 is 1. The van der Waals surface area contributed by atoms with Crippen molar-refractivity contribution in [3.05, 3.63) is 92.2 Å². The second kappa shape index (κ2) is 27.2. The van der Waals surface area contributed by atoms with E-state index in [0.29, 0.717) is 34.7 Å². The van der Waals surface area contributed by atoms with Crippen LogP contribution in [0, 0.1) is 0 Å². The van der Waals surface area contributed by atoms with Crippen LogP contribution in [0.25, 0.3) is 5.69 Å². The number of para-hydroxylation sites is 3. The fourth-order valence-electron chi connectivity index (χ4n) is 5.83. The van der Waals surface area contributed by atoms with E-state index in [1.807, 2.05) is 84.0 Å². The van der Waals surface area contributed by atoms with E-state index in [-0.39, 0.29) is 47.0 Å². The highest BCUT2D eigenvalue weighted by molar-refractivity contribution is 7.51. The zero-order chi connectivity index (χ0) is 50.1. The van der Waals surface area contributed by atoms with Crippen LogP contribution in [0.3, 0.4) is 0 Å². The van der Waals surface area contributed by atoms with Crippen molar-refractivity contribution in [2.24, 2.45) is 0 Å². The summed E-state index contributed by atoms with van der Waals surface area (Å²) in [6, 6.07) is 16.5. The number of fused-ring (bicyclic) bond motifs is 1. The average Bonchev–Trinajstić information content (AvgIpc) is 3.64. The maximum Gasteiger partial charge on any atom is 0.442 e. The van der Waals surface area contributed by atoms with Gasteiger partial charge in [-0.25, -0.2) is 4.79 Å². The van der Waals surface area contributed by atoms with E-state index in [0.717, 1.165) is 40.0 Å². The first-order valence-electron chi connectivity index (χ1n) is 20.3. The number of hydrogen-bond acceptors (Lipinski definition) is 11. The van der Waals surface area contributed by atoms with E-state index >= 15 is 0 Å². The summed E-state index contributed by atoms with van der Waals surface area (Å²) >= 11 is 29.2. The highest BCUT2D eigenvalue weighted by Crippen LogP contribution is 2.36. The number of aryl methyl sites for hydroxylation is 2. The van der Waals surface area contributed by atoms with E-state index < -0.39 is 37.0 Å². The lowest BCUT2D eigenvalue weighted by Gasteiger charge is -2.35. The second-order valence-electron chi connectivity index (χ2n) is 15.5. The number of nitrogens with one attached hydrogen (secondary N) is 1. The van der Waals surface area contributed by atoms with Crippen LogP contribution in [0.4, 0.5) is 11.4 Å². The molecule has 0 bridgehead atoms. The third kappa shape index (κ3) is 18.0. The number of carbonyl (C=O) groups excluding carboxylic acids is 2. The summed E-state index contributed by atoms with van der Waals surface area (Å²) in [6.45, 7) is 15.8. The van der Waals surface area contributed by atoms with Gasteiger partial charge in [0.05, 0.1) is 52.1 Å². The molecule has 0 radical (unpaired) electrons. The van der Waals surface area contributed by atoms with Crippen molar-refractivity contribution in [2.45, 2.75) is 90.6 Å². The van der Waals surface area contributed by atoms with Gasteiger partial charge in [-0.1, -0.05) is 111 Å². The minimum absolute atomic E-state index is 0.0371. The molecule has 0 saturated heterocycles. The molecule has 1 aliphatic rings. The number of hydrogen-bond donors (Lipinski definition) is 4. The van der Waals surface area contributed by atoms with E-state index in [4.69, 9.17) is 91.5 Å². The summed E-state index contributed by atoms with van der Waals surface area (Å²) in [5.41, 5.74) is 3.94. The van der Waals surface area contributed by atoms with Crippen LogP contribution < -0.4 is 30.3 Å². The maximum absolute atomic E-state index is 12.1. The predicted molar refractivity (Wildman–Crippen MR) is 259 cm³/mol. The van der Waals surface area contributed by atoms with Gasteiger partial charge in [-0.05, 0) is 62.9 Å². The molecule has 0 spiro atoms.